The van der Waals surface area contributed by atoms with Crippen molar-refractivity contribution in [3.05, 3.63) is 35.4 Å². The molecule has 20 heavy (non-hydrogen) atoms. The molecule has 1 aromatic carbocycles. The lowest BCUT2D eigenvalue weighted by molar-refractivity contribution is -0.137. The first-order chi connectivity index (χ1) is 9.41. The maximum absolute atomic E-state index is 10.9. The third kappa shape index (κ3) is 5.32. The highest BCUT2D eigenvalue weighted by atomic mass is 32.2. The number of aliphatic hydroxyl groups excluding tert-OH is 2. The van der Waals surface area contributed by atoms with Crippen LogP contribution in [0.25, 0.3) is 0 Å². The Morgan fingerprint density at radius 2 is 1.90 bits per heavy atom. The van der Waals surface area contributed by atoms with Gasteiger partial charge in [0, 0.05) is 19.1 Å². The largest absolute Gasteiger partial charge is 0.481 e. The van der Waals surface area contributed by atoms with Crippen LogP contribution < -0.4 is 0 Å². The molecule has 0 saturated heterocycles. The first-order valence-corrected chi connectivity index (χ1v) is 7.19. The van der Waals surface area contributed by atoms with Gasteiger partial charge in [0.1, 0.15) is 6.10 Å². The molecule has 6 heteroatoms. The molecule has 3 N–H and O–H groups in total. The summed E-state index contributed by atoms with van der Waals surface area (Å²) in [6, 6.07) is 6.85. The number of benzene rings is 1. The summed E-state index contributed by atoms with van der Waals surface area (Å²) in [5.41, 5.74) is 1.19. The molecule has 0 spiro atoms. The number of hydrogen-bond donors (Lipinski definition) is 3. The predicted molar refractivity (Wildman–Crippen MR) is 76.5 cm³/mol. The van der Waals surface area contributed by atoms with E-state index in [1.807, 2.05) is 0 Å². The summed E-state index contributed by atoms with van der Waals surface area (Å²) in [5.74, 6) is -0.814. The standard InChI is InChI=1S/C14H18O5S/c1-9(15)20-8-12(16)14(19)11-5-3-2-4-10(11)6-7-13(17)18/h2-5,12,14,16,19H,6-8H2,1H3,(H,17,18). The summed E-state index contributed by atoms with van der Waals surface area (Å²) < 4.78 is 0. The number of aliphatic carboxylic acids is 1. The Morgan fingerprint density at radius 1 is 1.25 bits per heavy atom. The Morgan fingerprint density at radius 3 is 2.50 bits per heavy atom. The van der Waals surface area contributed by atoms with E-state index in [0.717, 1.165) is 11.8 Å². The van der Waals surface area contributed by atoms with Crippen molar-refractivity contribution in [1.82, 2.24) is 0 Å². The van der Waals surface area contributed by atoms with Gasteiger partial charge < -0.3 is 15.3 Å². The molecule has 0 bridgehead atoms. The lowest BCUT2D eigenvalue weighted by Gasteiger charge is -2.20. The molecule has 1 rings (SSSR count). The number of carbonyl (C=O) groups excluding carboxylic acids is 1. The molecule has 2 atom stereocenters. The van der Waals surface area contributed by atoms with E-state index in [9.17, 15) is 19.8 Å². The van der Waals surface area contributed by atoms with Crippen LogP contribution in [-0.4, -0.2) is 38.3 Å². The lowest BCUT2D eigenvalue weighted by Crippen LogP contribution is -2.22. The average molecular weight is 298 g/mol. The molecular weight excluding hydrogens is 280 g/mol. The van der Waals surface area contributed by atoms with Crippen LogP contribution in [0.5, 0.6) is 0 Å². The fourth-order valence-corrected chi connectivity index (χ4v) is 2.38. The summed E-state index contributed by atoms with van der Waals surface area (Å²) in [5, 5.41) is 28.6. The zero-order valence-electron chi connectivity index (χ0n) is 11.2. The molecule has 0 aliphatic carbocycles. The van der Waals surface area contributed by atoms with Gasteiger partial charge in [0.15, 0.2) is 5.12 Å². The Kier molecular flexibility index (Phi) is 6.70. The van der Waals surface area contributed by atoms with E-state index in [0.29, 0.717) is 11.1 Å². The minimum Gasteiger partial charge on any atom is -0.481 e. The topological polar surface area (TPSA) is 94.8 Å². The Balaban J connectivity index is 2.77. The fourth-order valence-electron chi connectivity index (χ4n) is 1.79. The second-order valence-corrected chi connectivity index (χ2v) is 5.60. The third-order valence-electron chi connectivity index (χ3n) is 2.80. The van der Waals surface area contributed by atoms with Gasteiger partial charge in [-0.3, -0.25) is 9.59 Å². The van der Waals surface area contributed by atoms with Crippen molar-refractivity contribution >= 4 is 22.8 Å². The van der Waals surface area contributed by atoms with Crippen LogP contribution in [0.4, 0.5) is 0 Å². The van der Waals surface area contributed by atoms with Crippen molar-refractivity contribution in [3.8, 4) is 0 Å². The maximum Gasteiger partial charge on any atom is 0.303 e. The van der Waals surface area contributed by atoms with E-state index in [-0.39, 0.29) is 23.7 Å². The molecule has 0 aliphatic heterocycles. The van der Waals surface area contributed by atoms with Crippen molar-refractivity contribution in [2.24, 2.45) is 0 Å². The Bertz CT molecular complexity index is 474. The van der Waals surface area contributed by atoms with Gasteiger partial charge in [-0.2, -0.15) is 0 Å². The molecule has 5 nitrogen and oxygen atoms in total. The van der Waals surface area contributed by atoms with Gasteiger partial charge in [0.2, 0.25) is 0 Å². The molecule has 0 heterocycles. The van der Waals surface area contributed by atoms with Gasteiger partial charge in [-0.05, 0) is 17.5 Å². The van der Waals surface area contributed by atoms with Gasteiger partial charge in [-0.1, -0.05) is 36.0 Å². The van der Waals surface area contributed by atoms with E-state index < -0.39 is 18.2 Å². The zero-order chi connectivity index (χ0) is 15.1. The summed E-state index contributed by atoms with van der Waals surface area (Å²) >= 11 is 0.943. The number of carbonyl (C=O) groups is 2. The second kappa shape index (κ2) is 8.04. The quantitative estimate of drug-likeness (QED) is 0.704. The van der Waals surface area contributed by atoms with Gasteiger partial charge >= 0.3 is 5.97 Å². The minimum absolute atomic E-state index is 0.0397. The van der Waals surface area contributed by atoms with Gasteiger partial charge in [-0.15, -0.1) is 0 Å². The normalized spacial score (nSPS) is 13.8. The predicted octanol–water partition coefficient (Wildman–Crippen LogP) is 1.38. The highest BCUT2D eigenvalue weighted by Gasteiger charge is 2.21. The highest BCUT2D eigenvalue weighted by molar-refractivity contribution is 8.13. The first kappa shape index (κ1) is 16.7. The smallest absolute Gasteiger partial charge is 0.303 e. The summed E-state index contributed by atoms with van der Waals surface area (Å²) in [6.45, 7) is 1.39. The van der Waals surface area contributed by atoms with Gasteiger partial charge in [0.05, 0.1) is 6.10 Å². The second-order valence-electron chi connectivity index (χ2n) is 4.41. The fraction of sp³-hybridized carbons (Fsp3) is 0.429. The molecule has 0 fully saturated rings. The van der Waals surface area contributed by atoms with Crippen molar-refractivity contribution < 1.29 is 24.9 Å². The molecule has 2 unspecified atom stereocenters. The van der Waals surface area contributed by atoms with E-state index in [4.69, 9.17) is 5.11 Å². The van der Waals surface area contributed by atoms with Crippen molar-refractivity contribution in [1.29, 1.82) is 0 Å². The lowest BCUT2D eigenvalue weighted by atomic mass is 9.96. The van der Waals surface area contributed by atoms with E-state index in [1.54, 1.807) is 24.3 Å². The number of carboxylic acids is 1. The van der Waals surface area contributed by atoms with Crippen LogP contribution in [0.15, 0.2) is 24.3 Å². The minimum atomic E-state index is -1.13. The van der Waals surface area contributed by atoms with Gasteiger partial charge in [0.25, 0.3) is 0 Å². The number of aryl methyl sites for hydroxylation is 1. The summed E-state index contributed by atoms with van der Waals surface area (Å²) in [4.78, 5) is 21.5. The van der Waals surface area contributed by atoms with Crippen LogP contribution in [0.3, 0.4) is 0 Å². The number of rotatable bonds is 7. The first-order valence-electron chi connectivity index (χ1n) is 6.21. The number of hydrogen-bond acceptors (Lipinski definition) is 5. The maximum atomic E-state index is 10.9. The molecule has 0 radical (unpaired) electrons. The van der Waals surface area contributed by atoms with Crippen LogP contribution in [-0.2, 0) is 16.0 Å². The Hall–Kier alpha value is -1.37. The van der Waals surface area contributed by atoms with Gasteiger partial charge in [-0.25, -0.2) is 0 Å². The Labute approximate surface area is 121 Å². The molecule has 110 valence electrons. The summed E-state index contributed by atoms with van der Waals surface area (Å²) in [6.07, 6.45) is -1.96. The van der Waals surface area contributed by atoms with Crippen molar-refractivity contribution in [3.63, 3.8) is 0 Å². The van der Waals surface area contributed by atoms with Crippen molar-refractivity contribution in [2.45, 2.75) is 32.0 Å². The van der Waals surface area contributed by atoms with E-state index >= 15 is 0 Å². The number of aliphatic hydroxyl groups is 2. The van der Waals surface area contributed by atoms with Crippen molar-refractivity contribution in [2.75, 3.05) is 5.75 Å². The van der Waals surface area contributed by atoms with Crippen LogP contribution in [0, 0.1) is 0 Å². The van der Waals surface area contributed by atoms with Crippen LogP contribution in [0.2, 0.25) is 0 Å². The molecule has 0 aliphatic rings. The summed E-state index contributed by atoms with van der Waals surface area (Å²) in [7, 11) is 0. The molecule has 0 amide bonds. The molecule has 1 aromatic rings. The van der Waals surface area contributed by atoms with Crippen LogP contribution in [0.1, 0.15) is 30.6 Å². The molecule has 0 aromatic heterocycles. The molecular formula is C14H18O5S. The third-order valence-corrected chi connectivity index (χ3v) is 3.72. The van der Waals surface area contributed by atoms with E-state index in [1.165, 1.54) is 6.92 Å². The average Bonchev–Trinajstić information content (AvgIpc) is 2.41. The zero-order valence-corrected chi connectivity index (χ0v) is 12.0. The monoisotopic (exact) mass is 298 g/mol. The number of carboxylic acid groups (broad SMARTS) is 1. The molecule has 0 saturated carbocycles. The van der Waals surface area contributed by atoms with E-state index in [2.05, 4.69) is 0 Å². The van der Waals surface area contributed by atoms with Crippen LogP contribution >= 0.6 is 11.8 Å². The highest BCUT2D eigenvalue weighted by Crippen LogP contribution is 2.24. The SMILES string of the molecule is CC(=O)SCC(O)C(O)c1ccccc1CCC(=O)O. The number of thioether (sulfide) groups is 1.